The first-order chi connectivity index (χ1) is 8.65. The molecule has 0 radical (unpaired) electrons. The largest absolute Gasteiger partial charge is 0.469 e. The van der Waals surface area contributed by atoms with Crippen molar-refractivity contribution >= 4 is 17.7 Å². The number of hydrogen-bond donors (Lipinski definition) is 0. The lowest BCUT2D eigenvalue weighted by atomic mass is 10.1. The topological polar surface area (TPSA) is 44.1 Å². The maximum Gasteiger partial charge on any atom is 0.306 e. The van der Waals surface area contributed by atoms with Gasteiger partial charge in [-0.3, -0.25) is 4.79 Å². The van der Waals surface area contributed by atoms with E-state index >= 15 is 0 Å². The van der Waals surface area contributed by atoms with Crippen LogP contribution in [-0.2, 0) is 23.0 Å². The maximum atomic E-state index is 11.3. The fourth-order valence-electron chi connectivity index (χ4n) is 2.02. The molecule has 0 spiro atoms. The first-order valence-electron chi connectivity index (χ1n) is 6.26. The minimum Gasteiger partial charge on any atom is -0.469 e. The van der Waals surface area contributed by atoms with E-state index in [-0.39, 0.29) is 11.4 Å². The van der Waals surface area contributed by atoms with Gasteiger partial charge in [0.1, 0.15) is 5.82 Å². The van der Waals surface area contributed by atoms with E-state index in [1.165, 1.54) is 7.11 Å². The van der Waals surface area contributed by atoms with Gasteiger partial charge in [-0.05, 0) is 24.0 Å². The van der Waals surface area contributed by atoms with Crippen molar-refractivity contribution < 1.29 is 9.53 Å². The van der Waals surface area contributed by atoms with Gasteiger partial charge in [-0.2, -0.15) is 11.8 Å². The van der Waals surface area contributed by atoms with Crippen LogP contribution in [0.2, 0.25) is 0 Å². The molecule has 0 atom stereocenters. The number of carbonyl (C=O) groups is 1. The zero-order valence-electron chi connectivity index (χ0n) is 11.0. The fraction of sp³-hybridized carbons (Fsp3) is 0.692. The van der Waals surface area contributed by atoms with E-state index in [1.807, 2.05) is 31.2 Å². The van der Waals surface area contributed by atoms with Gasteiger partial charge < -0.3 is 9.30 Å². The molecule has 1 heterocycles. The van der Waals surface area contributed by atoms with Crippen LogP contribution in [0.25, 0.3) is 0 Å². The molecule has 1 saturated carbocycles. The molecular weight excluding hydrogens is 248 g/mol. The molecule has 100 valence electrons. The zero-order chi connectivity index (χ0) is 13.0. The predicted molar refractivity (Wildman–Crippen MR) is 72.5 cm³/mol. The number of thioether (sulfide) groups is 1. The lowest BCUT2D eigenvalue weighted by molar-refractivity contribution is -0.141. The van der Waals surface area contributed by atoms with Crippen LogP contribution in [-0.4, -0.2) is 34.1 Å². The van der Waals surface area contributed by atoms with Crippen LogP contribution in [0.3, 0.4) is 0 Å². The van der Waals surface area contributed by atoms with E-state index in [9.17, 15) is 4.79 Å². The van der Waals surface area contributed by atoms with Crippen molar-refractivity contribution in [1.82, 2.24) is 9.55 Å². The number of aryl methyl sites for hydroxylation is 2. The number of hydrogen-bond acceptors (Lipinski definition) is 4. The summed E-state index contributed by atoms with van der Waals surface area (Å²) in [6.07, 6.45) is 7.70. The van der Waals surface area contributed by atoms with Gasteiger partial charge in [-0.25, -0.2) is 4.98 Å². The summed E-state index contributed by atoms with van der Waals surface area (Å²) in [5.41, 5.74) is 0.236. The normalized spacial score (nSPS) is 16.6. The molecule has 1 aliphatic rings. The standard InChI is InChI=1S/C13H20N2O2S/c1-15-7-6-14-11(15)3-8-18-10-13(4-5-13)9-12(16)17-2/h6-7H,3-5,8-10H2,1-2H3. The Labute approximate surface area is 112 Å². The number of nitrogens with zero attached hydrogens (tertiary/aromatic N) is 2. The molecule has 1 aromatic heterocycles. The highest BCUT2D eigenvalue weighted by molar-refractivity contribution is 7.99. The van der Waals surface area contributed by atoms with Crippen LogP contribution in [0.1, 0.15) is 25.1 Å². The third-order valence-electron chi connectivity index (χ3n) is 3.50. The molecule has 0 amide bonds. The molecule has 1 aliphatic carbocycles. The molecule has 0 aromatic carbocycles. The Morgan fingerprint density at radius 2 is 2.39 bits per heavy atom. The first-order valence-corrected chi connectivity index (χ1v) is 7.41. The number of carbonyl (C=O) groups excluding carboxylic acids is 1. The summed E-state index contributed by atoms with van der Waals surface area (Å²) < 4.78 is 6.80. The van der Waals surface area contributed by atoms with Gasteiger partial charge in [-0.1, -0.05) is 0 Å². The Morgan fingerprint density at radius 3 is 2.94 bits per heavy atom. The van der Waals surface area contributed by atoms with Gasteiger partial charge in [0.2, 0.25) is 0 Å². The second kappa shape index (κ2) is 5.78. The highest BCUT2D eigenvalue weighted by Gasteiger charge is 2.44. The molecule has 0 N–H and O–H groups in total. The van der Waals surface area contributed by atoms with Gasteiger partial charge in [0.15, 0.2) is 0 Å². The summed E-state index contributed by atoms with van der Waals surface area (Å²) in [7, 11) is 3.49. The van der Waals surface area contributed by atoms with Gasteiger partial charge in [0, 0.05) is 31.6 Å². The van der Waals surface area contributed by atoms with Crippen LogP contribution >= 0.6 is 11.8 Å². The monoisotopic (exact) mass is 268 g/mol. The van der Waals surface area contributed by atoms with Crippen molar-refractivity contribution in [3.05, 3.63) is 18.2 Å². The third kappa shape index (κ3) is 3.51. The van der Waals surface area contributed by atoms with Crippen molar-refractivity contribution in [3.63, 3.8) is 0 Å². The van der Waals surface area contributed by atoms with E-state index in [4.69, 9.17) is 4.74 Å². The second-order valence-corrected chi connectivity index (χ2v) is 6.12. The van der Waals surface area contributed by atoms with Crippen molar-refractivity contribution in [1.29, 1.82) is 0 Å². The molecule has 5 heteroatoms. The lowest BCUT2D eigenvalue weighted by Gasteiger charge is -2.12. The lowest BCUT2D eigenvalue weighted by Crippen LogP contribution is -2.13. The minimum atomic E-state index is -0.0720. The molecule has 4 nitrogen and oxygen atoms in total. The van der Waals surface area contributed by atoms with E-state index in [2.05, 4.69) is 9.55 Å². The highest BCUT2D eigenvalue weighted by Crippen LogP contribution is 2.51. The Kier molecular flexibility index (Phi) is 4.32. The van der Waals surface area contributed by atoms with Crippen LogP contribution in [0.15, 0.2) is 12.4 Å². The van der Waals surface area contributed by atoms with Gasteiger partial charge in [-0.15, -0.1) is 0 Å². The summed E-state index contributed by atoms with van der Waals surface area (Å²) in [5, 5.41) is 0. The SMILES string of the molecule is COC(=O)CC1(CSCCc2nccn2C)CC1. The highest BCUT2D eigenvalue weighted by atomic mass is 32.2. The molecule has 2 rings (SSSR count). The van der Waals surface area contributed by atoms with Crippen molar-refractivity contribution in [2.75, 3.05) is 18.6 Å². The van der Waals surface area contributed by atoms with Crippen LogP contribution < -0.4 is 0 Å². The van der Waals surface area contributed by atoms with E-state index in [0.717, 1.165) is 36.6 Å². The first kappa shape index (κ1) is 13.5. The molecule has 1 aromatic rings. The van der Waals surface area contributed by atoms with E-state index in [1.54, 1.807) is 0 Å². The Bertz CT molecular complexity index is 413. The average Bonchev–Trinajstić information content (AvgIpc) is 3.00. The Morgan fingerprint density at radius 1 is 1.61 bits per heavy atom. The predicted octanol–water partition coefficient (Wildman–Crippen LogP) is 2.04. The van der Waals surface area contributed by atoms with Crippen molar-refractivity contribution in [2.45, 2.75) is 25.7 Å². The number of imidazole rings is 1. The molecule has 0 saturated heterocycles. The number of ether oxygens (including phenoxy) is 1. The summed E-state index contributed by atoms with van der Waals surface area (Å²) in [4.78, 5) is 15.6. The number of esters is 1. The molecular formula is C13H20N2O2S. The zero-order valence-corrected chi connectivity index (χ0v) is 11.8. The fourth-order valence-corrected chi connectivity index (χ4v) is 3.31. The third-order valence-corrected chi connectivity index (χ3v) is 4.81. The van der Waals surface area contributed by atoms with Gasteiger partial charge in [0.25, 0.3) is 0 Å². The van der Waals surface area contributed by atoms with E-state index in [0.29, 0.717) is 6.42 Å². The van der Waals surface area contributed by atoms with Crippen molar-refractivity contribution in [3.8, 4) is 0 Å². The molecule has 18 heavy (non-hydrogen) atoms. The molecule has 0 unspecified atom stereocenters. The molecule has 1 fully saturated rings. The van der Waals surface area contributed by atoms with Crippen molar-refractivity contribution in [2.24, 2.45) is 12.5 Å². The van der Waals surface area contributed by atoms with Crippen LogP contribution in [0.5, 0.6) is 0 Å². The van der Waals surface area contributed by atoms with E-state index < -0.39 is 0 Å². The maximum absolute atomic E-state index is 11.3. The summed E-state index contributed by atoms with van der Waals surface area (Å²) >= 11 is 1.92. The Hall–Kier alpha value is -0.970. The smallest absolute Gasteiger partial charge is 0.306 e. The molecule has 0 bridgehead atoms. The Balaban J connectivity index is 1.67. The van der Waals surface area contributed by atoms with Crippen LogP contribution in [0, 0.1) is 5.41 Å². The minimum absolute atomic E-state index is 0.0720. The average molecular weight is 268 g/mol. The summed E-state index contributed by atoms with van der Waals surface area (Å²) in [6.45, 7) is 0. The van der Waals surface area contributed by atoms with Gasteiger partial charge >= 0.3 is 5.97 Å². The summed E-state index contributed by atoms with van der Waals surface area (Å²) in [6, 6.07) is 0. The number of methoxy groups -OCH3 is 1. The second-order valence-electron chi connectivity index (χ2n) is 5.01. The summed E-state index contributed by atoms with van der Waals surface area (Å²) in [5.74, 6) is 3.18. The quantitative estimate of drug-likeness (QED) is 0.561. The van der Waals surface area contributed by atoms with Gasteiger partial charge in [0.05, 0.1) is 13.5 Å². The number of rotatable bonds is 7. The van der Waals surface area contributed by atoms with Crippen LogP contribution in [0.4, 0.5) is 0 Å². The number of aromatic nitrogens is 2. The molecule has 0 aliphatic heterocycles.